The first-order chi connectivity index (χ1) is 18.6. The van der Waals surface area contributed by atoms with Gasteiger partial charge in [0, 0.05) is 32.5 Å². The highest BCUT2D eigenvalue weighted by molar-refractivity contribution is 7.89. The summed E-state index contributed by atoms with van der Waals surface area (Å²) in [6.07, 6.45) is 1.71. The second-order valence-electron chi connectivity index (χ2n) is 9.74. The molecule has 1 aromatic heterocycles. The number of rotatable bonds is 13. The van der Waals surface area contributed by atoms with Crippen LogP contribution in [0.3, 0.4) is 0 Å². The standard InChI is InChI=1S/C29H37N3O6S/c1-22(2)19-32(39(35,36)26-12-10-25(37-4)11-13-26)20-28(33)27(18-23-8-6-5-7-9-23)31(3)29(34)38-21-24-14-16-30-17-15-24/h5-17,22,27-28,33H,18-21H2,1-4H3/t27-,28+/m0/s1. The predicted molar refractivity (Wildman–Crippen MR) is 149 cm³/mol. The van der Waals surface area contributed by atoms with Crippen LogP contribution in [0.4, 0.5) is 4.79 Å². The van der Waals surface area contributed by atoms with E-state index in [9.17, 15) is 18.3 Å². The lowest BCUT2D eigenvalue weighted by atomic mass is 10.00. The van der Waals surface area contributed by atoms with Crippen molar-refractivity contribution in [2.75, 3.05) is 27.2 Å². The molecule has 1 heterocycles. The van der Waals surface area contributed by atoms with Gasteiger partial charge in [0.05, 0.1) is 24.2 Å². The highest BCUT2D eigenvalue weighted by Crippen LogP contribution is 2.23. The molecule has 9 nitrogen and oxygen atoms in total. The summed E-state index contributed by atoms with van der Waals surface area (Å²) in [4.78, 5) is 18.4. The van der Waals surface area contributed by atoms with Crippen LogP contribution in [0, 0.1) is 5.92 Å². The van der Waals surface area contributed by atoms with E-state index in [0.717, 1.165) is 11.1 Å². The Morgan fingerprint density at radius 3 is 2.18 bits per heavy atom. The minimum Gasteiger partial charge on any atom is -0.497 e. The molecule has 0 saturated heterocycles. The molecule has 2 aromatic carbocycles. The molecule has 0 aliphatic heterocycles. The van der Waals surface area contributed by atoms with Crippen LogP contribution in [0.2, 0.25) is 0 Å². The van der Waals surface area contributed by atoms with Gasteiger partial charge in [-0.15, -0.1) is 0 Å². The van der Waals surface area contributed by atoms with Crippen LogP contribution in [0.5, 0.6) is 5.75 Å². The number of ether oxygens (including phenoxy) is 2. The molecule has 0 radical (unpaired) electrons. The lowest BCUT2D eigenvalue weighted by molar-refractivity contribution is 0.0332. The molecule has 0 unspecified atom stereocenters. The quantitative estimate of drug-likeness (QED) is 0.340. The van der Waals surface area contributed by atoms with Gasteiger partial charge in [0.2, 0.25) is 10.0 Å². The Morgan fingerprint density at radius 1 is 0.949 bits per heavy atom. The van der Waals surface area contributed by atoms with Crippen LogP contribution in [0.15, 0.2) is 84.0 Å². The van der Waals surface area contributed by atoms with Gasteiger partial charge in [-0.2, -0.15) is 4.31 Å². The minimum atomic E-state index is -3.94. The molecule has 0 fully saturated rings. The molecule has 1 N–H and O–H groups in total. The molecule has 3 aromatic rings. The van der Waals surface area contributed by atoms with Gasteiger partial charge in [0.1, 0.15) is 12.4 Å². The third-order valence-corrected chi connectivity index (χ3v) is 8.13. The number of amides is 1. The van der Waals surface area contributed by atoms with Gasteiger partial charge in [-0.1, -0.05) is 44.2 Å². The summed E-state index contributed by atoms with van der Waals surface area (Å²) in [5.41, 5.74) is 1.67. The summed E-state index contributed by atoms with van der Waals surface area (Å²) >= 11 is 0. The number of aliphatic hydroxyl groups excluding tert-OH is 1. The van der Waals surface area contributed by atoms with Crippen LogP contribution in [0.25, 0.3) is 0 Å². The first-order valence-corrected chi connectivity index (χ1v) is 14.2. The molecule has 0 spiro atoms. The summed E-state index contributed by atoms with van der Waals surface area (Å²) in [6.45, 7) is 3.86. The largest absolute Gasteiger partial charge is 0.497 e. The van der Waals surface area contributed by atoms with E-state index in [0.29, 0.717) is 12.2 Å². The monoisotopic (exact) mass is 555 g/mol. The zero-order valence-corrected chi connectivity index (χ0v) is 23.6. The van der Waals surface area contributed by atoms with Crippen molar-refractivity contribution in [3.05, 3.63) is 90.3 Å². The lowest BCUT2D eigenvalue weighted by Gasteiger charge is -2.34. The van der Waals surface area contributed by atoms with Crippen LogP contribution >= 0.6 is 0 Å². The summed E-state index contributed by atoms with van der Waals surface area (Å²) in [5.74, 6) is 0.542. The maximum absolute atomic E-state index is 13.6. The molecular weight excluding hydrogens is 518 g/mol. The van der Waals surface area contributed by atoms with Crippen molar-refractivity contribution in [2.45, 2.75) is 43.9 Å². The maximum Gasteiger partial charge on any atom is 0.410 e. The van der Waals surface area contributed by atoms with Crippen molar-refractivity contribution in [3.8, 4) is 5.75 Å². The number of likely N-dealkylation sites (N-methyl/N-ethyl adjacent to an activating group) is 1. The van der Waals surface area contributed by atoms with E-state index in [1.54, 1.807) is 43.7 Å². The van der Waals surface area contributed by atoms with Crippen LogP contribution in [0.1, 0.15) is 25.0 Å². The number of hydrogen-bond acceptors (Lipinski definition) is 7. The van der Waals surface area contributed by atoms with Crippen molar-refractivity contribution in [1.82, 2.24) is 14.2 Å². The fraction of sp³-hybridized carbons (Fsp3) is 0.379. The first kappa shape index (κ1) is 30.1. The highest BCUT2D eigenvalue weighted by atomic mass is 32.2. The van der Waals surface area contributed by atoms with Crippen LogP contribution in [-0.4, -0.2) is 73.2 Å². The Morgan fingerprint density at radius 2 is 1.59 bits per heavy atom. The molecule has 39 heavy (non-hydrogen) atoms. The second-order valence-corrected chi connectivity index (χ2v) is 11.7. The lowest BCUT2D eigenvalue weighted by Crippen LogP contribution is -2.51. The number of methoxy groups -OCH3 is 1. The van der Waals surface area contributed by atoms with Gasteiger partial charge in [-0.3, -0.25) is 4.98 Å². The molecule has 1 amide bonds. The van der Waals surface area contributed by atoms with Crippen molar-refractivity contribution in [2.24, 2.45) is 5.92 Å². The Labute approximate surface area is 231 Å². The molecule has 0 bridgehead atoms. The van der Waals surface area contributed by atoms with E-state index in [1.165, 1.54) is 28.4 Å². The number of aromatic nitrogens is 1. The summed E-state index contributed by atoms with van der Waals surface area (Å²) < 4.78 is 39.1. The number of pyridine rings is 1. The van der Waals surface area contributed by atoms with Crippen LogP contribution in [-0.2, 0) is 27.8 Å². The molecule has 210 valence electrons. The number of carbonyl (C=O) groups is 1. The van der Waals surface area contributed by atoms with Gasteiger partial charge < -0.3 is 19.5 Å². The normalized spacial score (nSPS) is 13.2. The van der Waals surface area contributed by atoms with E-state index in [-0.39, 0.29) is 30.5 Å². The highest BCUT2D eigenvalue weighted by Gasteiger charge is 2.34. The van der Waals surface area contributed by atoms with Gasteiger partial charge in [0.15, 0.2) is 0 Å². The van der Waals surface area contributed by atoms with E-state index in [4.69, 9.17) is 9.47 Å². The van der Waals surface area contributed by atoms with Crippen molar-refractivity contribution in [3.63, 3.8) is 0 Å². The Bertz CT molecular complexity index is 1270. The number of sulfonamides is 1. The molecule has 3 rings (SSSR count). The van der Waals surface area contributed by atoms with E-state index in [1.807, 2.05) is 44.2 Å². The SMILES string of the molecule is COc1ccc(S(=O)(=O)N(CC(C)C)C[C@@H](O)[C@H](Cc2ccccc2)N(C)C(=O)OCc2ccncc2)cc1. The smallest absolute Gasteiger partial charge is 0.410 e. The number of hydrogen-bond donors (Lipinski definition) is 1. The van der Waals surface area contributed by atoms with Gasteiger partial charge >= 0.3 is 6.09 Å². The molecule has 0 saturated carbocycles. The zero-order chi connectivity index (χ0) is 28.4. The third kappa shape index (κ3) is 8.51. The molecule has 0 aliphatic carbocycles. The Hall–Kier alpha value is -3.47. The van der Waals surface area contributed by atoms with E-state index < -0.39 is 28.3 Å². The first-order valence-electron chi connectivity index (χ1n) is 12.8. The van der Waals surface area contributed by atoms with Crippen molar-refractivity contribution >= 4 is 16.1 Å². The number of benzene rings is 2. The Kier molecular flexibility index (Phi) is 10.8. The molecule has 2 atom stereocenters. The van der Waals surface area contributed by atoms with E-state index in [2.05, 4.69) is 4.98 Å². The fourth-order valence-electron chi connectivity index (χ4n) is 4.15. The molecular formula is C29H37N3O6S. The van der Waals surface area contributed by atoms with Gasteiger partial charge in [0.25, 0.3) is 0 Å². The topological polar surface area (TPSA) is 109 Å². The van der Waals surface area contributed by atoms with Crippen molar-refractivity contribution in [1.29, 1.82) is 0 Å². The third-order valence-electron chi connectivity index (χ3n) is 6.29. The number of carbonyl (C=O) groups excluding carboxylic acids is 1. The summed E-state index contributed by atoms with van der Waals surface area (Å²) in [7, 11) is -0.875. The zero-order valence-electron chi connectivity index (χ0n) is 22.8. The predicted octanol–water partition coefficient (Wildman–Crippen LogP) is 3.98. The molecule has 10 heteroatoms. The Balaban J connectivity index is 1.84. The van der Waals surface area contributed by atoms with Crippen molar-refractivity contribution < 1.29 is 27.8 Å². The molecule has 0 aliphatic rings. The summed E-state index contributed by atoms with van der Waals surface area (Å²) in [6, 6.07) is 18.3. The van der Waals surface area contributed by atoms with Gasteiger partial charge in [-0.05, 0) is 59.9 Å². The van der Waals surface area contributed by atoms with Gasteiger partial charge in [-0.25, -0.2) is 13.2 Å². The number of aliphatic hydroxyl groups is 1. The average molecular weight is 556 g/mol. The second kappa shape index (κ2) is 14.1. The fourth-order valence-corrected chi connectivity index (χ4v) is 5.77. The average Bonchev–Trinajstić information content (AvgIpc) is 2.94. The number of nitrogens with zero attached hydrogens (tertiary/aromatic N) is 3. The van der Waals surface area contributed by atoms with E-state index >= 15 is 0 Å². The summed E-state index contributed by atoms with van der Waals surface area (Å²) in [5, 5.41) is 11.5. The van der Waals surface area contributed by atoms with Crippen LogP contribution < -0.4 is 4.74 Å². The maximum atomic E-state index is 13.6. The minimum absolute atomic E-state index is 0.000791.